The number of amides is 1. The molecule has 0 bridgehead atoms. The second-order valence-corrected chi connectivity index (χ2v) is 7.47. The van der Waals surface area contributed by atoms with Crippen LogP contribution in [-0.2, 0) is 4.79 Å². The maximum atomic E-state index is 12.5. The zero-order valence-corrected chi connectivity index (χ0v) is 17.8. The molecule has 0 saturated heterocycles. The molecule has 29 heavy (non-hydrogen) atoms. The van der Waals surface area contributed by atoms with Gasteiger partial charge in [0.05, 0.1) is 22.3 Å². The highest BCUT2D eigenvalue weighted by molar-refractivity contribution is 6.31. The van der Waals surface area contributed by atoms with Crippen molar-refractivity contribution in [3.63, 3.8) is 0 Å². The van der Waals surface area contributed by atoms with Crippen molar-refractivity contribution in [3.8, 4) is 11.8 Å². The molecule has 1 saturated carbocycles. The third-order valence-electron chi connectivity index (χ3n) is 4.84. The Bertz CT molecular complexity index is 848. The summed E-state index contributed by atoms with van der Waals surface area (Å²) in [5.41, 5.74) is 8.83. The van der Waals surface area contributed by atoms with Gasteiger partial charge >= 0.3 is 0 Å². The van der Waals surface area contributed by atoms with Gasteiger partial charge in [-0.05, 0) is 62.0 Å². The monoisotopic (exact) mass is 433 g/mol. The number of carbonyl (C=O) groups excluding carboxylic acids is 1. The molecule has 2 rings (SSSR count). The number of benzene rings is 1. The minimum absolute atomic E-state index is 0.0529. The van der Waals surface area contributed by atoms with Crippen LogP contribution >= 0.6 is 23.2 Å². The van der Waals surface area contributed by atoms with Gasteiger partial charge in [0.1, 0.15) is 11.8 Å². The number of hydrogen-bond donors (Lipinski definition) is 2. The molecule has 0 heterocycles. The summed E-state index contributed by atoms with van der Waals surface area (Å²) < 4.78 is 5.98. The minimum atomic E-state index is -0.190. The van der Waals surface area contributed by atoms with Gasteiger partial charge in [0.25, 0.3) is 5.91 Å². The molecule has 0 radical (unpaired) electrons. The summed E-state index contributed by atoms with van der Waals surface area (Å²) in [7, 11) is 0. The van der Waals surface area contributed by atoms with Gasteiger partial charge in [0.2, 0.25) is 0 Å². The molecule has 1 amide bonds. The Morgan fingerprint density at radius 1 is 1.38 bits per heavy atom. The van der Waals surface area contributed by atoms with Crippen LogP contribution in [0.2, 0.25) is 5.02 Å². The first-order valence-corrected chi connectivity index (χ1v) is 10.4. The van der Waals surface area contributed by atoms with E-state index in [1.54, 1.807) is 30.4 Å². The van der Waals surface area contributed by atoms with Crippen molar-refractivity contribution in [2.45, 2.75) is 51.2 Å². The lowest BCUT2D eigenvalue weighted by atomic mass is 9.92. The molecule has 1 aromatic rings. The number of carbonyl (C=O) groups is 1. The Labute approximate surface area is 181 Å². The minimum Gasteiger partial charge on any atom is -0.490 e. The Morgan fingerprint density at radius 2 is 2.10 bits per heavy atom. The van der Waals surface area contributed by atoms with Gasteiger partial charge in [-0.25, -0.2) is 0 Å². The predicted molar refractivity (Wildman–Crippen MR) is 117 cm³/mol. The van der Waals surface area contributed by atoms with Gasteiger partial charge in [-0.1, -0.05) is 30.1 Å². The molecule has 1 fully saturated rings. The van der Waals surface area contributed by atoms with Crippen LogP contribution in [0.5, 0.6) is 5.75 Å². The lowest BCUT2D eigenvalue weighted by molar-refractivity contribution is -0.118. The van der Waals surface area contributed by atoms with E-state index < -0.39 is 0 Å². The number of ether oxygens (including phenoxy) is 1. The summed E-state index contributed by atoms with van der Waals surface area (Å²) in [4.78, 5) is 12.5. The van der Waals surface area contributed by atoms with Crippen molar-refractivity contribution in [2.75, 3.05) is 0 Å². The average molecular weight is 434 g/mol. The second-order valence-electron chi connectivity index (χ2n) is 6.81. The number of nitrogens with two attached hydrogens (primary N) is 1. The van der Waals surface area contributed by atoms with E-state index in [1.165, 1.54) is 11.7 Å². The molecular formula is C22H25Cl2N3O2. The Hall–Kier alpha value is -2.42. The number of hydrogen-bond acceptors (Lipinski definition) is 4. The Kier molecular flexibility index (Phi) is 9.11. The molecule has 0 atom stereocenters. The average Bonchev–Trinajstić information content (AvgIpc) is 2.72. The molecule has 5 nitrogen and oxygen atoms in total. The topological polar surface area (TPSA) is 88.1 Å². The Balaban J connectivity index is 1.88. The first kappa shape index (κ1) is 22.9. The molecular weight excluding hydrogens is 409 g/mol. The van der Waals surface area contributed by atoms with E-state index >= 15 is 0 Å². The van der Waals surface area contributed by atoms with E-state index in [2.05, 4.69) is 5.32 Å². The van der Waals surface area contributed by atoms with Gasteiger partial charge in [-0.2, -0.15) is 5.26 Å². The quantitative estimate of drug-likeness (QED) is 0.470. The van der Waals surface area contributed by atoms with E-state index in [0.717, 1.165) is 37.7 Å². The van der Waals surface area contributed by atoms with Gasteiger partial charge in [-0.3, -0.25) is 4.79 Å². The fourth-order valence-electron chi connectivity index (χ4n) is 3.18. The van der Waals surface area contributed by atoms with Crippen molar-refractivity contribution in [1.82, 2.24) is 5.32 Å². The molecule has 1 aliphatic rings. The molecule has 1 aliphatic carbocycles. The van der Waals surface area contributed by atoms with E-state index in [1.807, 2.05) is 13.0 Å². The third kappa shape index (κ3) is 6.85. The number of allylic oxidation sites excluding steroid dienone is 2. The molecule has 3 N–H and O–H groups in total. The summed E-state index contributed by atoms with van der Waals surface area (Å²) in [5, 5.41) is 12.4. The lowest BCUT2D eigenvalue weighted by Crippen LogP contribution is -2.40. The van der Waals surface area contributed by atoms with Gasteiger partial charge < -0.3 is 15.8 Å². The molecule has 154 valence electrons. The molecule has 7 heteroatoms. The van der Waals surface area contributed by atoms with Crippen molar-refractivity contribution < 1.29 is 9.53 Å². The summed E-state index contributed by atoms with van der Waals surface area (Å²) in [6.07, 6.45) is 8.86. The van der Waals surface area contributed by atoms with Gasteiger partial charge in [-0.15, -0.1) is 0 Å². The number of halogens is 2. The van der Waals surface area contributed by atoms with Gasteiger partial charge in [0.15, 0.2) is 0 Å². The van der Waals surface area contributed by atoms with Crippen LogP contribution in [0.3, 0.4) is 0 Å². The first-order chi connectivity index (χ1) is 14.0. The van der Waals surface area contributed by atoms with Crippen LogP contribution in [0.4, 0.5) is 0 Å². The number of rotatable bonds is 7. The highest BCUT2D eigenvalue weighted by atomic mass is 35.5. The number of nitrogens with one attached hydrogen (secondary N) is 1. The van der Waals surface area contributed by atoms with Gasteiger partial charge in [0, 0.05) is 23.8 Å². The van der Waals surface area contributed by atoms with Crippen molar-refractivity contribution in [3.05, 3.63) is 63.8 Å². The molecule has 0 unspecified atom stereocenters. The first-order valence-electron chi connectivity index (χ1n) is 9.57. The van der Waals surface area contributed by atoms with E-state index in [4.69, 9.17) is 38.9 Å². The smallest absolute Gasteiger partial charge is 0.252 e. The van der Waals surface area contributed by atoms with Crippen LogP contribution in [0, 0.1) is 11.3 Å². The van der Waals surface area contributed by atoms with Crippen molar-refractivity contribution in [1.29, 1.82) is 5.26 Å². The highest BCUT2D eigenvalue weighted by Crippen LogP contribution is 2.27. The predicted octanol–water partition coefficient (Wildman–Crippen LogP) is 4.95. The molecule has 0 aliphatic heterocycles. The maximum Gasteiger partial charge on any atom is 0.252 e. The fraction of sp³-hybridized carbons (Fsp3) is 0.364. The highest BCUT2D eigenvalue weighted by Gasteiger charge is 2.24. The lowest BCUT2D eigenvalue weighted by Gasteiger charge is -2.29. The number of nitriles is 1. The second kappa shape index (κ2) is 11.5. The summed E-state index contributed by atoms with van der Waals surface area (Å²) in [6, 6.07) is 7.18. The standard InChI is InChI=1S/C22H25Cl2N3O2/c1-2-15(9-10-23)11-17(14-26)22(28)27-18-4-7-19(8-5-18)29-20-6-3-16(13-25)21(24)12-20/h3,6,9-12,14,18-19H,2,4-5,7-8,26H2,1H3,(H,27,28)/b10-9+,15-11-,17-14+/t18-,19-. The third-order valence-corrected chi connectivity index (χ3v) is 5.28. The van der Waals surface area contributed by atoms with E-state index in [-0.39, 0.29) is 18.1 Å². The Morgan fingerprint density at radius 3 is 2.66 bits per heavy atom. The normalized spacial score (nSPS) is 20.3. The summed E-state index contributed by atoms with van der Waals surface area (Å²) in [6.45, 7) is 1.98. The fourth-order valence-corrected chi connectivity index (χ4v) is 3.56. The zero-order chi connectivity index (χ0) is 21.2. The van der Waals surface area contributed by atoms with Crippen molar-refractivity contribution >= 4 is 29.1 Å². The largest absolute Gasteiger partial charge is 0.490 e. The molecule has 0 aromatic heterocycles. The molecule has 1 aromatic carbocycles. The summed E-state index contributed by atoms with van der Waals surface area (Å²) in [5.74, 6) is 0.462. The van der Waals surface area contributed by atoms with Crippen LogP contribution in [0.25, 0.3) is 0 Å². The van der Waals surface area contributed by atoms with Crippen LogP contribution in [-0.4, -0.2) is 18.1 Å². The van der Waals surface area contributed by atoms with E-state index in [0.29, 0.717) is 21.9 Å². The van der Waals surface area contributed by atoms with Crippen LogP contribution in [0.15, 0.2) is 53.2 Å². The van der Waals surface area contributed by atoms with Crippen LogP contribution < -0.4 is 15.8 Å². The zero-order valence-electron chi connectivity index (χ0n) is 16.3. The maximum absolute atomic E-state index is 12.5. The van der Waals surface area contributed by atoms with Crippen LogP contribution in [0.1, 0.15) is 44.6 Å². The molecule has 0 spiro atoms. The summed E-state index contributed by atoms with van der Waals surface area (Å²) >= 11 is 11.7. The van der Waals surface area contributed by atoms with E-state index in [9.17, 15) is 4.79 Å². The van der Waals surface area contributed by atoms with Crippen molar-refractivity contribution in [2.24, 2.45) is 5.73 Å². The number of nitrogens with zero attached hydrogens (tertiary/aromatic N) is 1. The SMILES string of the molecule is CCC(=C/C(=C\N)C(=O)N[C@H]1CC[C@H](Oc2ccc(C#N)c(Cl)c2)CC1)/C=C/Cl.